The molecule has 0 bridgehead atoms. The van der Waals surface area contributed by atoms with Crippen molar-refractivity contribution in [3.8, 4) is 5.69 Å². The highest BCUT2D eigenvalue weighted by Crippen LogP contribution is 2.19. The average Bonchev–Trinajstić information content (AvgIpc) is 3.05. The van der Waals surface area contributed by atoms with Crippen molar-refractivity contribution >= 4 is 18.0 Å². The lowest BCUT2D eigenvalue weighted by molar-refractivity contribution is -0.143. The summed E-state index contributed by atoms with van der Waals surface area (Å²) in [4.78, 5) is 23.9. The Bertz CT molecular complexity index is 1020. The molecule has 6 heteroatoms. The van der Waals surface area contributed by atoms with Gasteiger partial charge in [-0.15, -0.1) is 0 Å². The van der Waals surface area contributed by atoms with Crippen molar-refractivity contribution in [2.75, 3.05) is 13.2 Å². The van der Waals surface area contributed by atoms with Crippen molar-refractivity contribution in [2.24, 2.45) is 0 Å². The molecule has 0 radical (unpaired) electrons. The Morgan fingerprint density at radius 3 is 2.40 bits per heavy atom. The number of hydrogen-bond acceptors (Lipinski definition) is 4. The van der Waals surface area contributed by atoms with Crippen LogP contribution in [0.4, 0.5) is 0 Å². The smallest absolute Gasteiger partial charge is 0.331 e. The van der Waals surface area contributed by atoms with Gasteiger partial charge in [0.15, 0.2) is 6.61 Å². The summed E-state index contributed by atoms with van der Waals surface area (Å²) in [6.45, 7) is 4.02. The number of carbonyl (C=O) groups is 2. The molecule has 3 rings (SSSR count). The van der Waals surface area contributed by atoms with Crippen molar-refractivity contribution in [2.45, 2.75) is 20.3 Å². The van der Waals surface area contributed by atoms with E-state index in [4.69, 9.17) is 4.74 Å². The lowest BCUT2D eigenvalue weighted by Crippen LogP contribution is -2.30. The molecule has 0 spiro atoms. The molecule has 0 aliphatic heterocycles. The predicted molar refractivity (Wildman–Crippen MR) is 116 cm³/mol. The summed E-state index contributed by atoms with van der Waals surface area (Å²) in [5.74, 6) is -0.892. The van der Waals surface area contributed by atoms with E-state index >= 15 is 0 Å². The van der Waals surface area contributed by atoms with Crippen LogP contribution in [0.25, 0.3) is 11.8 Å². The van der Waals surface area contributed by atoms with Gasteiger partial charge in [0.25, 0.3) is 5.91 Å². The maximum absolute atomic E-state index is 12.0. The van der Waals surface area contributed by atoms with E-state index in [-0.39, 0.29) is 12.5 Å². The molecule has 6 nitrogen and oxygen atoms in total. The van der Waals surface area contributed by atoms with E-state index in [1.54, 1.807) is 6.08 Å². The molecule has 0 atom stereocenters. The van der Waals surface area contributed by atoms with Crippen LogP contribution >= 0.6 is 0 Å². The number of nitrogens with zero attached hydrogens (tertiary/aromatic N) is 2. The molecule has 0 aliphatic carbocycles. The van der Waals surface area contributed by atoms with Gasteiger partial charge in [0, 0.05) is 23.9 Å². The van der Waals surface area contributed by atoms with Crippen LogP contribution in [0.15, 0.2) is 66.7 Å². The molecule has 0 unspecified atom stereocenters. The molecule has 0 saturated carbocycles. The van der Waals surface area contributed by atoms with E-state index < -0.39 is 5.97 Å². The SMILES string of the molecule is Cc1nn(-c2ccccc2)c(C)c1/C=C/C(=O)OCC(=O)NCCc1ccccc1. The van der Waals surface area contributed by atoms with Gasteiger partial charge in [-0.05, 0) is 44.0 Å². The van der Waals surface area contributed by atoms with Gasteiger partial charge in [-0.2, -0.15) is 5.10 Å². The number of rotatable bonds is 8. The third kappa shape index (κ3) is 5.67. The Morgan fingerprint density at radius 1 is 1.03 bits per heavy atom. The Balaban J connectivity index is 1.49. The predicted octanol–water partition coefficient (Wildman–Crippen LogP) is 3.40. The van der Waals surface area contributed by atoms with E-state index in [9.17, 15) is 9.59 Å². The topological polar surface area (TPSA) is 73.2 Å². The minimum absolute atomic E-state index is 0.306. The maximum atomic E-state index is 12.0. The molecule has 0 saturated heterocycles. The molecule has 30 heavy (non-hydrogen) atoms. The highest BCUT2D eigenvalue weighted by molar-refractivity contribution is 5.89. The number of aryl methyl sites for hydroxylation is 1. The second-order valence-corrected chi connectivity index (χ2v) is 6.86. The second kappa shape index (κ2) is 10.2. The normalized spacial score (nSPS) is 10.9. The van der Waals surface area contributed by atoms with E-state index in [0.29, 0.717) is 6.54 Å². The molecule has 0 aliphatic rings. The van der Waals surface area contributed by atoms with Gasteiger partial charge in [0.2, 0.25) is 0 Å². The van der Waals surface area contributed by atoms with Crippen LogP contribution in [-0.2, 0) is 20.7 Å². The molecule has 154 valence electrons. The zero-order valence-corrected chi connectivity index (χ0v) is 17.2. The maximum Gasteiger partial charge on any atom is 0.331 e. The number of para-hydroxylation sites is 1. The molecule has 1 N–H and O–H groups in total. The van der Waals surface area contributed by atoms with Crippen molar-refractivity contribution in [1.82, 2.24) is 15.1 Å². The van der Waals surface area contributed by atoms with Crippen LogP contribution < -0.4 is 5.32 Å². The van der Waals surface area contributed by atoms with Crippen LogP contribution in [-0.4, -0.2) is 34.8 Å². The van der Waals surface area contributed by atoms with E-state index in [1.807, 2.05) is 79.2 Å². The molecule has 1 heterocycles. The molecule has 1 aromatic heterocycles. The number of esters is 1. The molecule has 3 aromatic rings. The first-order chi connectivity index (χ1) is 14.5. The number of carbonyl (C=O) groups excluding carboxylic acids is 2. The fraction of sp³-hybridized carbons (Fsp3) is 0.208. The van der Waals surface area contributed by atoms with E-state index in [2.05, 4.69) is 10.4 Å². The summed E-state index contributed by atoms with van der Waals surface area (Å²) in [5.41, 5.74) is 4.66. The fourth-order valence-electron chi connectivity index (χ4n) is 3.09. The highest BCUT2D eigenvalue weighted by Gasteiger charge is 2.11. The summed E-state index contributed by atoms with van der Waals surface area (Å²) in [6, 6.07) is 19.6. The van der Waals surface area contributed by atoms with Crippen molar-refractivity contribution < 1.29 is 14.3 Å². The fourth-order valence-corrected chi connectivity index (χ4v) is 3.09. The molecular formula is C24H25N3O3. The largest absolute Gasteiger partial charge is 0.452 e. The number of amides is 1. The molecule has 2 aromatic carbocycles. The first kappa shape index (κ1) is 21.0. The number of aromatic nitrogens is 2. The van der Waals surface area contributed by atoms with Gasteiger partial charge >= 0.3 is 5.97 Å². The summed E-state index contributed by atoms with van der Waals surface area (Å²) in [7, 11) is 0. The third-order valence-electron chi connectivity index (χ3n) is 4.66. The van der Waals surface area contributed by atoms with Gasteiger partial charge < -0.3 is 10.1 Å². The van der Waals surface area contributed by atoms with Crippen molar-refractivity contribution in [3.05, 3.63) is 89.3 Å². The number of benzene rings is 2. The molecular weight excluding hydrogens is 378 g/mol. The molecule has 0 fully saturated rings. The van der Waals surface area contributed by atoms with Crippen molar-refractivity contribution in [1.29, 1.82) is 0 Å². The Hall–Kier alpha value is -3.67. The van der Waals surface area contributed by atoms with E-state index in [0.717, 1.165) is 34.6 Å². The van der Waals surface area contributed by atoms with Gasteiger partial charge in [-0.1, -0.05) is 48.5 Å². The van der Waals surface area contributed by atoms with Crippen molar-refractivity contribution in [3.63, 3.8) is 0 Å². The van der Waals surface area contributed by atoms with Crippen LogP contribution in [0.1, 0.15) is 22.5 Å². The summed E-state index contributed by atoms with van der Waals surface area (Å²) in [6.07, 6.45) is 3.72. The zero-order chi connectivity index (χ0) is 21.3. The third-order valence-corrected chi connectivity index (χ3v) is 4.66. The Labute approximate surface area is 176 Å². The average molecular weight is 403 g/mol. The Morgan fingerprint density at radius 2 is 1.70 bits per heavy atom. The van der Waals surface area contributed by atoms with Crippen LogP contribution in [0.3, 0.4) is 0 Å². The lowest BCUT2D eigenvalue weighted by atomic mass is 10.1. The van der Waals surface area contributed by atoms with Gasteiger partial charge in [-0.3, -0.25) is 4.79 Å². The number of ether oxygens (including phenoxy) is 1. The van der Waals surface area contributed by atoms with E-state index in [1.165, 1.54) is 6.08 Å². The summed E-state index contributed by atoms with van der Waals surface area (Å²) < 4.78 is 6.87. The second-order valence-electron chi connectivity index (χ2n) is 6.86. The monoisotopic (exact) mass is 403 g/mol. The standard InChI is InChI=1S/C24H25N3O3/c1-18-22(19(2)27(26-18)21-11-7-4-8-12-21)13-14-24(29)30-17-23(28)25-16-15-20-9-5-3-6-10-20/h3-14H,15-17H2,1-2H3,(H,25,28)/b14-13+. The minimum atomic E-state index is -0.570. The van der Waals surface area contributed by atoms with Gasteiger partial charge in [0.05, 0.1) is 11.4 Å². The quantitative estimate of drug-likeness (QED) is 0.462. The summed E-state index contributed by atoms with van der Waals surface area (Å²) in [5, 5.41) is 7.29. The highest BCUT2D eigenvalue weighted by atomic mass is 16.5. The van der Waals surface area contributed by atoms with Crippen LogP contribution in [0.2, 0.25) is 0 Å². The zero-order valence-electron chi connectivity index (χ0n) is 17.2. The number of nitrogens with one attached hydrogen (secondary N) is 1. The minimum Gasteiger partial charge on any atom is -0.452 e. The lowest BCUT2D eigenvalue weighted by Gasteiger charge is -2.05. The summed E-state index contributed by atoms with van der Waals surface area (Å²) >= 11 is 0. The van der Waals surface area contributed by atoms with Gasteiger partial charge in [0.1, 0.15) is 0 Å². The van der Waals surface area contributed by atoms with Crippen LogP contribution in [0, 0.1) is 13.8 Å². The number of hydrogen-bond donors (Lipinski definition) is 1. The molecule has 1 amide bonds. The Kier molecular flexibility index (Phi) is 7.16. The first-order valence-electron chi connectivity index (χ1n) is 9.81. The first-order valence-corrected chi connectivity index (χ1v) is 9.81. The van der Waals surface area contributed by atoms with Gasteiger partial charge in [-0.25, -0.2) is 9.48 Å². The van der Waals surface area contributed by atoms with Crippen LogP contribution in [0.5, 0.6) is 0 Å².